The second kappa shape index (κ2) is 8.10. The lowest BCUT2D eigenvalue weighted by Gasteiger charge is -2.10. The molecule has 0 radical (unpaired) electrons. The van der Waals surface area contributed by atoms with Crippen LogP contribution in [0.4, 0.5) is 5.82 Å². The van der Waals surface area contributed by atoms with Gasteiger partial charge in [-0.05, 0) is 41.5 Å². The largest absolute Gasteiger partial charge is 0.497 e. The van der Waals surface area contributed by atoms with E-state index in [1.165, 1.54) is 0 Å². The van der Waals surface area contributed by atoms with E-state index in [1.807, 2.05) is 54.7 Å². The van der Waals surface area contributed by atoms with Crippen molar-refractivity contribution in [3.8, 4) is 28.4 Å². The molecule has 7 heteroatoms. The summed E-state index contributed by atoms with van der Waals surface area (Å²) in [7, 11) is 4.90. The van der Waals surface area contributed by atoms with Crippen LogP contribution in [0.5, 0.6) is 17.2 Å². The monoisotopic (exact) mass is 390 g/mol. The van der Waals surface area contributed by atoms with E-state index in [-0.39, 0.29) is 0 Å². The predicted molar refractivity (Wildman–Crippen MR) is 112 cm³/mol. The van der Waals surface area contributed by atoms with E-state index in [9.17, 15) is 0 Å². The average Bonchev–Trinajstić information content (AvgIpc) is 3.22. The Morgan fingerprint density at radius 3 is 2.41 bits per heavy atom. The minimum absolute atomic E-state index is 0.661. The first-order valence-electron chi connectivity index (χ1n) is 9.15. The van der Waals surface area contributed by atoms with Gasteiger partial charge in [-0.2, -0.15) is 9.61 Å². The molecule has 0 aliphatic carbocycles. The molecular formula is C22H22N4O3. The Balaban J connectivity index is 1.62. The number of rotatable bonds is 7. The van der Waals surface area contributed by atoms with Crippen molar-refractivity contribution in [2.75, 3.05) is 26.6 Å². The molecule has 0 bridgehead atoms. The van der Waals surface area contributed by atoms with Crippen LogP contribution in [-0.4, -0.2) is 35.9 Å². The zero-order valence-corrected chi connectivity index (χ0v) is 16.5. The lowest BCUT2D eigenvalue weighted by Crippen LogP contribution is -2.05. The topological polar surface area (TPSA) is 69.9 Å². The number of hydrogen-bond donors (Lipinski definition) is 1. The maximum absolute atomic E-state index is 5.42. The fourth-order valence-corrected chi connectivity index (χ4v) is 3.17. The summed E-state index contributed by atoms with van der Waals surface area (Å²) in [5.74, 6) is 3.05. The smallest absolute Gasteiger partial charge is 0.165 e. The van der Waals surface area contributed by atoms with Crippen LogP contribution in [0.2, 0.25) is 0 Å². The van der Waals surface area contributed by atoms with Gasteiger partial charge in [0, 0.05) is 18.3 Å². The van der Waals surface area contributed by atoms with Crippen molar-refractivity contribution in [1.82, 2.24) is 14.6 Å². The van der Waals surface area contributed by atoms with Crippen LogP contribution in [0.3, 0.4) is 0 Å². The first-order chi connectivity index (χ1) is 14.2. The quantitative estimate of drug-likeness (QED) is 0.514. The highest BCUT2D eigenvalue weighted by Crippen LogP contribution is 2.33. The van der Waals surface area contributed by atoms with Crippen molar-refractivity contribution in [2.24, 2.45) is 0 Å². The van der Waals surface area contributed by atoms with E-state index < -0.39 is 0 Å². The third-order valence-electron chi connectivity index (χ3n) is 4.73. The number of nitrogens with one attached hydrogen (secondary N) is 1. The number of nitrogens with zero attached hydrogens (tertiary/aromatic N) is 3. The normalized spacial score (nSPS) is 10.7. The molecule has 2 aromatic carbocycles. The van der Waals surface area contributed by atoms with Gasteiger partial charge in [0.1, 0.15) is 11.6 Å². The molecule has 29 heavy (non-hydrogen) atoms. The number of fused-ring (bicyclic) bond motifs is 1. The molecule has 4 aromatic rings. The molecule has 0 saturated carbocycles. The molecule has 2 aromatic heterocycles. The molecule has 1 N–H and O–H groups in total. The molecule has 0 spiro atoms. The van der Waals surface area contributed by atoms with Crippen molar-refractivity contribution in [2.45, 2.75) is 6.54 Å². The Morgan fingerprint density at radius 2 is 1.69 bits per heavy atom. The molecule has 148 valence electrons. The van der Waals surface area contributed by atoms with Crippen LogP contribution in [0, 0.1) is 0 Å². The van der Waals surface area contributed by atoms with E-state index in [1.54, 1.807) is 32.0 Å². The molecule has 0 aliphatic heterocycles. The van der Waals surface area contributed by atoms with Crippen molar-refractivity contribution in [3.63, 3.8) is 0 Å². The highest BCUT2D eigenvalue weighted by Gasteiger charge is 2.13. The molecule has 0 unspecified atom stereocenters. The molecular weight excluding hydrogens is 368 g/mol. The SMILES string of the molecule is COc1ccc(CNc2ccnc3c(-c4ccc(OC)c(OC)c4)cnn23)cc1. The van der Waals surface area contributed by atoms with Crippen LogP contribution in [0.15, 0.2) is 60.9 Å². The van der Waals surface area contributed by atoms with Crippen LogP contribution < -0.4 is 19.5 Å². The minimum atomic E-state index is 0.661. The number of methoxy groups -OCH3 is 3. The number of hydrogen-bond acceptors (Lipinski definition) is 6. The maximum Gasteiger partial charge on any atom is 0.165 e. The number of aromatic nitrogens is 3. The predicted octanol–water partition coefficient (Wildman–Crippen LogP) is 4.03. The van der Waals surface area contributed by atoms with Gasteiger partial charge in [-0.1, -0.05) is 18.2 Å². The fourth-order valence-electron chi connectivity index (χ4n) is 3.17. The van der Waals surface area contributed by atoms with Gasteiger partial charge in [-0.15, -0.1) is 0 Å². The maximum atomic E-state index is 5.42. The molecule has 7 nitrogen and oxygen atoms in total. The van der Waals surface area contributed by atoms with Crippen LogP contribution in [-0.2, 0) is 6.54 Å². The second-order valence-electron chi connectivity index (χ2n) is 6.40. The van der Waals surface area contributed by atoms with Crippen LogP contribution in [0.25, 0.3) is 16.8 Å². The first-order valence-corrected chi connectivity index (χ1v) is 9.15. The van der Waals surface area contributed by atoms with Crippen molar-refractivity contribution in [3.05, 3.63) is 66.5 Å². The Morgan fingerprint density at radius 1 is 0.897 bits per heavy atom. The van der Waals surface area contributed by atoms with Gasteiger partial charge >= 0.3 is 0 Å². The van der Waals surface area contributed by atoms with Gasteiger partial charge in [0.25, 0.3) is 0 Å². The van der Waals surface area contributed by atoms with Gasteiger partial charge in [0.05, 0.1) is 27.5 Å². The highest BCUT2D eigenvalue weighted by molar-refractivity contribution is 5.79. The van der Waals surface area contributed by atoms with Gasteiger partial charge in [0.15, 0.2) is 17.1 Å². The number of ether oxygens (including phenoxy) is 3. The Hall–Kier alpha value is -3.74. The Kier molecular flexibility index (Phi) is 5.20. The molecule has 2 heterocycles. The lowest BCUT2D eigenvalue weighted by atomic mass is 10.1. The highest BCUT2D eigenvalue weighted by atomic mass is 16.5. The molecule has 0 saturated heterocycles. The molecule has 0 aliphatic rings. The first kappa shape index (κ1) is 18.6. The lowest BCUT2D eigenvalue weighted by molar-refractivity contribution is 0.355. The standard InChI is InChI=1S/C22H22N4O3/c1-27-17-7-4-15(5-8-17)13-24-21-10-11-23-22-18(14-25-26(21)22)16-6-9-19(28-2)20(12-16)29-3/h4-12,14,24H,13H2,1-3H3. The average molecular weight is 390 g/mol. The van der Waals surface area contributed by atoms with E-state index in [4.69, 9.17) is 14.2 Å². The fraction of sp³-hybridized carbons (Fsp3) is 0.182. The van der Waals surface area contributed by atoms with Gasteiger partial charge in [0.2, 0.25) is 0 Å². The summed E-state index contributed by atoms with van der Waals surface area (Å²) in [6.07, 6.45) is 3.58. The van der Waals surface area contributed by atoms with E-state index in [0.717, 1.165) is 33.9 Å². The summed E-state index contributed by atoms with van der Waals surface area (Å²) in [5, 5.41) is 7.95. The zero-order valence-electron chi connectivity index (χ0n) is 16.5. The van der Waals surface area contributed by atoms with E-state index >= 15 is 0 Å². The third kappa shape index (κ3) is 3.67. The number of benzene rings is 2. The molecule has 0 atom stereocenters. The van der Waals surface area contributed by atoms with E-state index in [0.29, 0.717) is 18.0 Å². The Bertz CT molecular complexity index is 1120. The summed E-state index contributed by atoms with van der Waals surface area (Å²) < 4.78 is 17.8. The summed E-state index contributed by atoms with van der Waals surface area (Å²) >= 11 is 0. The second-order valence-corrected chi connectivity index (χ2v) is 6.40. The summed E-state index contributed by atoms with van der Waals surface area (Å²) in [5.41, 5.74) is 3.77. The number of anilines is 1. The van der Waals surface area contributed by atoms with Crippen molar-refractivity contribution in [1.29, 1.82) is 0 Å². The van der Waals surface area contributed by atoms with Crippen molar-refractivity contribution < 1.29 is 14.2 Å². The zero-order chi connectivity index (χ0) is 20.2. The third-order valence-corrected chi connectivity index (χ3v) is 4.73. The minimum Gasteiger partial charge on any atom is -0.497 e. The van der Waals surface area contributed by atoms with Crippen molar-refractivity contribution >= 4 is 11.5 Å². The van der Waals surface area contributed by atoms with Gasteiger partial charge in [-0.3, -0.25) is 0 Å². The molecule has 0 fully saturated rings. The summed E-state index contributed by atoms with van der Waals surface area (Å²) in [4.78, 5) is 4.53. The van der Waals surface area contributed by atoms with E-state index in [2.05, 4.69) is 15.4 Å². The van der Waals surface area contributed by atoms with Gasteiger partial charge < -0.3 is 19.5 Å². The summed E-state index contributed by atoms with van der Waals surface area (Å²) in [6, 6.07) is 15.6. The van der Waals surface area contributed by atoms with Gasteiger partial charge in [-0.25, -0.2) is 4.98 Å². The molecule has 0 amide bonds. The Labute approximate surface area is 168 Å². The summed E-state index contributed by atoms with van der Waals surface area (Å²) in [6.45, 7) is 0.661. The van der Waals surface area contributed by atoms with Crippen LogP contribution >= 0.6 is 0 Å². The molecule has 4 rings (SSSR count). The van der Waals surface area contributed by atoms with Crippen LogP contribution in [0.1, 0.15) is 5.56 Å².